The minimum absolute atomic E-state index is 0.0825. The number of amides is 1. The van der Waals surface area contributed by atoms with Crippen molar-refractivity contribution in [3.63, 3.8) is 0 Å². The molecule has 0 spiro atoms. The van der Waals surface area contributed by atoms with Crippen molar-refractivity contribution >= 4 is 5.91 Å². The monoisotopic (exact) mass is 270 g/mol. The quantitative estimate of drug-likeness (QED) is 0.756. The molecule has 0 bridgehead atoms. The summed E-state index contributed by atoms with van der Waals surface area (Å²) in [6.07, 6.45) is 4.98. The number of nitrogens with one attached hydrogen (secondary N) is 2. The zero-order valence-corrected chi connectivity index (χ0v) is 11.1. The Morgan fingerprint density at radius 1 is 1.45 bits per heavy atom. The summed E-state index contributed by atoms with van der Waals surface area (Å²) in [4.78, 5) is 19.1. The zero-order chi connectivity index (χ0) is 13.9. The number of aromatic amines is 1. The molecule has 2 aromatic rings. The number of hydrogen-bond acceptors (Lipinski definition) is 3. The molecule has 1 aliphatic rings. The molecular formula is C15H18N4O. The van der Waals surface area contributed by atoms with Crippen molar-refractivity contribution in [2.24, 2.45) is 5.73 Å². The maximum atomic E-state index is 12.1. The van der Waals surface area contributed by atoms with Crippen molar-refractivity contribution in [1.82, 2.24) is 15.3 Å². The lowest BCUT2D eigenvalue weighted by Gasteiger charge is -2.12. The summed E-state index contributed by atoms with van der Waals surface area (Å²) in [5.41, 5.74) is 8.11. The standard InChI is InChI=1S/C15H18N4O/c16-12(6-10-4-2-1-3-5-10)15(20)19-13-7-11(13)14-8-17-9-18-14/h1-5,8-9,11-13H,6-7,16H2,(H,17,18)(H,19,20)/t11-,12-,13-/m0/s1. The lowest BCUT2D eigenvalue weighted by molar-refractivity contribution is -0.122. The summed E-state index contributed by atoms with van der Waals surface area (Å²) >= 11 is 0. The number of aromatic nitrogens is 2. The molecule has 1 amide bonds. The third kappa shape index (κ3) is 2.88. The molecular weight excluding hydrogens is 252 g/mol. The lowest BCUT2D eigenvalue weighted by atomic mass is 10.1. The number of hydrogen-bond donors (Lipinski definition) is 3. The highest BCUT2D eigenvalue weighted by molar-refractivity contribution is 5.82. The Bertz CT molecular complexity index is 567. The molecule has 0 radical (unpaired) electrons. The molecule has 0 aliphatic heterocycles. The van der Waals surface area contributed by atoms with Gasteiger partial charge in [0.05, 0.1) is 12.4 Å². The van der Waals surface area contributed by atoms with Gasteiger partial charge in [0.2, 0.25) is 5.91 Å². The van der Waals surface area contributed by atoms with Crippen LogP contribution in [0, 0.1) is 0 Å². The highest BCUT2D eigenvalue weighted by Crippen LogP contribution is 2.39. The van der Waals surface area contributed by atoms with E-state index in [-0.39, 0.29) is 11.9 Å². The summed E-state index contributed by atoms with van der Waals surface area (Å²) < 4.78 is 0. The minimum atomic E-state index is -0.500. The van der Waals surface area contributed by atoms with Crippen molar-refractivity contribution in [2.45, 2.75) is 30.8 Å². The fourth-order valence-electron chi connectivity index (χ4n) is 2.42. The van der Waals surface area contributed by atoms with E-state index >= 15 is 0 Å². The largest absolute Gasteiger partial charge is 0.351 e. The maximum absolute atomic E-state index is 12.1. The topological polar surface area (TPSA) is 83.8 Å². The second-order valence-electron chi connectivity index (χ2n) is 5.26. The van der Waals surface area contributed by atoms with E-state index in [1.807, 2.05) is 30.3 Å². The molecule has 1 heterocycles. The third-order valence-electron chi connectivity index (χ3n) is 3.67. The number of nitrogens with two attached hydrogens (primary N) is 1. The SMILES string of the molecule is N[C@@H](Cc1ccccc1)C(=O)N[C@H]1C[C@@H]1c1cnc[nH]1. The molecule has 5 heteroatoms. The van der Waals surface area contributed by atoms with Gasteiger partial charge in [0.1, 0.15) is 0 Å². The summed E-state index contributed by atoms with van der Waals surface area (Å²) in [6, 6.07) is 9.51. The van der Waals surface area contributed by atoms with Gasteiger partial charge in [-0.25, -0.2) is 4.98 Å². The average molecular weight is 270 g/mol. The molecule has 0 saturated heterocycles. The smallest absolute Gasteiger partial charge is 0.237 e. The molecule has 3 rings (SSSR count). The Balaban J connectivity index is 1.50. The van der Waals surface area contributed by atoms with Gasteiger partial charge in [0.25, 0.3) is 0 Å². The third-order valence-corrected chi connectivity index (χ3v) is 3.67. The van der Waals surface area contributed by atoms with Crippen molar-refractivity contribution in [2.75, 3.05) is 0 Å². The summed E-state index contributed by atoms with van der Waals surface area (Å²) in [5.74, 6) is 0.270. The van der Waals surface area contributed by atoms with E-state index in [0.29, 0.717) is 12.3 Å². The number of rotatable bonds is 5. The fourth-order valence-corrected chi connectivity index (χ4v) is 2.42. The Labute approximate surface area is 117 Å². The van der Waals surface area contributed by atoms with Gasteiger partial charge in [-0.05, 0) is 18.4 Å². The molecule has 0 unspecified atom stereocenters. The van der Waals surface area contributed by atoms with Gasteiger partial charge >= 0.3 is 0 Å². The van der Waals surface area contributed by atoms with E-state index in [1.165, 1.54) is 0 Å². The lowest BCUT2D eigenvalue weighted by Crippen LogP contribution is -2.43. The van der Waals surface area contributed by atoms with Crippen LogP contribution in [0.3, 0.4) is 0 Å². The molecule has 1 fully saturated rings. The summed E-state index contributed by atoms with van der Waals surface area (Å²) in [7, 11) is 0. The predicted molar refractivity (Wildman–Crippen MR) is 76.0 cm³/mol. The predicted octanol–water partition coefficient (Wildman–Crippen LogP) is 0.952. The Hall–Kier alpha value is -2.14. The van der Waals surface area contributed by atoms with Gasteiger partial charge in [-0.15, -0.1) is 0 Å². The van der Waals surface area contributed by atoms with Crippen LogP contribution in [-0.4, -0.2) is 28.0 Å². The number of H-pyrrole nitrogens is 1. The highest BCUT2D eigenvalue weighted by Gasteiger charge is 2.41. The minimum Gasteiger partial charge on any atom is -0.351 e. The first-order valence-electron chi connectivity index (χ1n) is 6.82. The zero-order valence-electron chi connectivity index (χ0n) is 11.1. The maximum Gasteiger partial charge on any atom is 0.237 e. The van der Waals surface area contributed by atoms with Crippen LogP contribution in [0.2, 0.25) is 0 Å². The van der Waals surface area contributed by atoms with Gasteiger partial charge in [-0.3, -0.25) is 4.79 Å². The van der Waals surface area contributed by atoms with Crippen molar-refractivity contribution < 1.29 is 4.79 Å². The highest BCUT2D eigenvalue weighted by atomic mass is 16.2. The van der Waals surface area contributed by atoms with E-state index in [9.17, 15) is 4.79 Å². The molecule has 1 aromatic heterocycles. The summed E-state index contributed by atoms with van der Waals surface area (Å²) in [5, 5.41) is 3.00. The number of imidazole rings is 1. The normalized spacial score (nSPS) is 22.2. The molecule has 5 nitrogen and oxygen atoms in total. The molecule has 1 saturated carbocycles. The van der Waals surface area contributed by atoms with Crippen molar-refractivity contribution in [3.05, 3.63) is 54.1 Å². The number of benzene rings is 1. The molecule has 1 aliphatic carbocycles. The van der Waals surface area contributed by atoms with Crippen molar-refractivity contribution in [1.29, 1.82) is 0 Å². The van der Waals surface area contributed by atoms with Crippen LogP contribution in [0.25, 0.3) is 0 Å². The average Bonchev–Trinajstić information content (AvgIpc) is 3.01. The second-order valence-corrected chi connectivity index (χ2v) is 5.26. The molecule has 1 aromatic carbocycles. The fraction of sp³-hybridized carbons (Fsp3) is 0.333. The van der Waals surface area contributed by atoms with Crippen LogP contribution >= 0.6 is 0 Å². The van der Waals surface area contributed by atoms with Crippen LogP contribution in [0.15, 0.2) is 42.9 Å². The van der Waals surface area contributed by atoms with Gasteiger partial charge < -0.3 is 16.0 Å². The molecule has 4 N–H and O–H groups in total. The second kappa shape index (κ2) is 5.46. The number of carbonyl (C=O) groups is 1. The van der Waals surface area contributed by atoms with E-state index < -0.39 is 6.04 Å². The first-order chi connectivity index (χ1) is 9.74. The Kier molecular flexibility index (Phi) is 3.52. The van der Waals surface area contributed by atoms with E-state index in [4.69, 9.17) is 5.73 Å². The van der Waals surface area contributed by atoms with Gasteiger partial charge in [-0.2, -0.15) is 0 Å². The van der Waals surface area contributed by atoms with Crippen molar-refractivity contribution in [3.8, 4) is 0 Å². The summed E-state index contributed by atoms with van der Waals surface area (Å²) in [6.45, 7) is 0. The Morgan fingerprint density at radius 2 is 2.25 bits per heavy atom. The van der Waals surface area contributed by atoms with Crippen LogP contribution in [0.5, 0.6) is 0 Å². The molecule has 20 heavy (non-hydrogen) atoms. The van der Waals surface area contributed by atoms with Gasteiger partial charge in [-0.1, -0.05) is 30.3 Å². The molecule has 3 atom stereocenters. The van der Waals surface area contributed by atoms with Crippen LogP contribution in [0.1, 0.15) is 23.6 Å². The van der Waals surface area contributed by atoms with Crippen LogP contribution < -0.4 is 11.1 Å². The Morgan fingerprint density at radius 3 is 2.95 bits per heavy atom. The van der Waals surface area contributed by atoms with E-state index in [2.05, 4.69) is 15.3 Å². The number of carbonyl (C=O) groups excluding carboxylic acids is 1. The van der Waals surface area contributed by atoms with E-state index in [1.54, 1.807) is 12.5 Å². The first-order valence-corrected chi connectivity index (χ1v) is 6.82. The van der Waals surface area contributed by atoms with Crippen LogP contribution in [-0.2, 0) is 11.2 Å². The van der Waals surface area contributed by atoms with E-state index in [0.717, 1.165) is 17.7 Å². The first kappa shape index (κ1) is 12.9. The molecule has 104 valence electrons. The number of nitrogens with zero attached hydrogens (tertiary/aromatic N) is 1. The van der Waals surface area contributed by atoms with Gasteiger partial charge in [0, 0.05) is 23.9 Å². The van der Waals surface area contributed by atoms with Gasteiger partial charge in [0.15, 0.2) is 0 Å². The van der Waals surface area contributed by atoms with Crippen LogP contribution in [0.4, 0.5) is 0 Å².